The molecule has 100 valence electrons. The van der Waals surface area contributed by atoms with Crippen LogP contribution >= 0.6 is 0 Å². The summed E-state index contributed by atoms with van der Waals surface area (Å²) in [5, 5.41) is 6.31. The van der Waals surface area contributed by atoms with Crippen molar-refractivity contribution in [1.82, 2.24) is 20.2 Å². The predicted octanol–water partition coefficient (Wildman–Crippen LogP) is 0.779. The number of nitrogens with one attached hydrogen (secondary N) is 2. The first-order valence-corrected chi connectivity index (χ1v) is 6.78. The summed E-state index contributed by atoms with van der Waals surface area (Å²) in [6.45, 7) is 3.77. The minimum absolute atomic E-state index is 0.201. The van der Waals surface area contributed by atoms with E-state index in [1.807, 2.05) is 10.8 Å². The van der Waals surface area contributed by atoms with Crippen LogP contribution in [-0.2, 0) is 11.3 Å². The number of carbonyl (C=O) groups is 1. The summed E-state index contributed by atoms with van der Waals surface area (Å²) in [6.07, 6.45) is 9.41. The van der Waals surface area contributed by atoms with Gasteiger partial charge >= 0.3 is 0 Å². The van der Waals surface area contributed by atoms with E-state index in [0.717, 1.165) is 45.4 Å². The molecule has 1 aromatic rings. The Morgan fingerprint density at radius 1 is 1.44 bits per heavy atom. The number of nitrogens with zero attached hydrogens (tertiary/aromatic N) is 2. The van der Waals surface area contributed by atoms with Crippen molar-refractivity contribution in [2.75, 3.05) is 19.6 Å². The van der Waals surface area contributed by atoms with Crippen LogP contribution in [0.3, 0.4) is 0 Å². The third kappa shape index (κ3) is 4.49. The molecule has 0 aromatic carbocycles. The molecule has 0 spiro atoms. The van der Waals surface area contributed by atoms with Crippen molar-refractivity contribution in [3.8, 4) is 0 Å². The highest BCUT2D eigenvalue weighted by Gasteiger charge is 2.16. The fourth-order valence-corrected chi connectivity index (χ4v) is 2.33. The Balaban J connectivity index is 1.54. The molecule has 0 radical (unpaired) electrons. The zero-order chi connectivity index (χ0) is 12.6. The molecule has 1 fully saturated rings. The number of amides is 1. The van der Waals surface area contributed by atoms with Gasteiger partial charge in [0.15, 0.2) is 0 Å². The van der Waals surface area contributed by atoms with Crippen LogP contribution in [-0.4, -0.2) is 35.1 Å². The van der Waals surface area contributed by atoms with E-state index in [1.54, 1.807) is 12.5 Å². The molecule has 1 saturated heterocycles. The highest BCUT2D eigenvalue weighted by atomic mass is 16.1. The van der Waals surface area contributed by atoms with Gasteiger partial charge in [0.25, 0.3) is 0 Å². The van der Waals surface area contributed by atoms with Gasteiger partial charge < -0.3 is 15.2 Å². The maximum Gasteiger partial charge on any atom is 0.220 e. The molecule has 2 heterocycles. The lowest BCUT2D eigenvalue weighted by Gasteiger charge is -2.21. The Morgan fingerprint density at radius 3 is 3.00 bits per heavy atom. The van der Waals surface area contributed by atoms with Gasteiger partial charge in [0, 0.05) is 31.9 Å². The maximum atomic E-state index is 11.7. The van der Waals surface area contributed by atoms with Gasteiger partial charge in [0.05, 0.1) is 6.33 Å². The molecule has 1 amide bonds. The topological polar surface area (TPSA) is 59.0 Å². The number of hydrogen-bond acceptors (Lipinski definition) is 3. The fourth-order valence-electron chi connectivity index (χ4n) is 2.33. The van der Waals surface area contributed by atoms with Crippen LogP contribution in [0.1, 0.15) is 25.7 Å². The zero-order valence-electron chi connectivity index (χ0n) is 10.8. The molecule has 0 saturated carbocycles. The molecular formula is C13H22N4O. The number of piperidine rings is 1. The van der Waals surface area contributed by atoms with E-state index in [4.69, 9.17) is 0 Å². The number of aromatic nitrogens is 2. The average Bonchev–Trinajstić information content (AvgIpc) is 2.89. The summed E-state index contributed by atoms with van der Waals surface area (Å²) in [4.78, 5) is 15.7. The molecule has 2 rings (SSSR count). The first-order valence-electron chi connectivity index (χ1n) is 6.78. The van der Waals surface area contributed by atoms with Gasteiger partial charge in [-0.15, -0.1) is 0 Å². The minimum atomic E-state index is 0.201. The van der Waals surface area contributed by atoms with E-state index in [0.29, 0.717) is 12.3 Å². The molecule has 0 atom stereocenters. The summed E-state index contributed by atoms with van der Waals surface area (Å²) in [5.74, 6) is 0.771. The number of carbonyl (C=O) groups excluding carboxylic acids is 1. The van der Waals surface area contributed by atoms with Crippen molar-refractivity contribution < 1.29 is 4.79 Å². The number of hydrogen-bond donors (Lipinski definition) is 2. The lowest BCUT2D eigenvalue weighted by Crippen LogP contribution is -2.32. The van der Waals surface area contributed by atoms with Crippen LogP contribution < -0.4 is 10.6 Å². The average molecular weight is 250 g/mol. The summed E-state index contributed by atoms with van der Waals surface area (Å²) in [5.41, 5.74) is 0. The largest absolute Gasteiger partial charge is 0.356 e. The van der Waals surface area contributed by atoms with Crippen LogP contribution in [0.25, 0.3) is 0 Å². The molecule has 0 unspecified atom stereocenters. The quantitative estimate of drug-likeness (QED) is 0.734. The van der Waals surface area contributed by atoms with Crippen LogP contribution in [0.15, 0.2) is 18.7 Å². The van der Waals surface area contributed by atoms with Crippen LogP contribution in [0, 0.1) is 5.92 Å². The monoisotopic (exact) mass is 250 g/mol. The second-order valence-electron chi connectivity index (χ2n) is 4.90. The van der Waals surface area contributed by atoms with Crippen LogP contribution in [0.4, 0.5) is 0 Å². The Hall–Kier alpha value is -1.36. The number of rotatable bonds is 6. The Kier molecular flexibility index (Phi) is 5.20. The van der Waals surface area contributed by atoms with E-state index in [2.05, 4.69) is 15.6 Å². The minimum Gasteiger partial charge on any atom is -0.356 e. The summed E-state index contributed by atoms with van der Waals surface area (Å²) in [6, 6.07) is 0. The van der Waals surface area contributed by atoms with Gasteiger partial charge in [-0.1, -0.05) is 0 Å². The smallest absolute Gasteiger partial charge is 0.220 e. The van der Waals surface area contributed by atoms with Crippen molar-refractivity contribution in [3.05, 3.63) is 18.7 Å². The van der Waals surface area contributed by atoms with Gasteiger partial charge in [0.1, 0.15) is 0 Å². The van der Waals surface area contributed by atoms with Gasteiger partial charge in [-0.25, -0.2) is 4.98 Å². The molecular weight excluding hydrogens is 228 g/mol. The third-order valence-corrected chi connectivity index (χ3v) is 3.41. The molecule has 1 aromatic heterocycles. The van der Waals surface area contributed by atoms with Gasteiger partial charge in [0.2, 0.25) is 5.91 Å². The highest BCUT2D eigenvalue weighted by molar-refractivity contribution is 5.76. The van der Waals surface area contributed by atoms with Crippen molar-refractivity contribution in [2.45, 2.75) is 32.2 Å². The Bertz CT molecular complexity index is 344. The normalized spacial score (nSPS) is 16.7. The summed E-state index contributed by atoms with van der Waals surface area (Å²) < 4.78 is 2.03. The number of aryl methyl sites for hydroxylation is 1. The van der Waals surface area contributed by atoms with Crippen molar-refractivity contribution in [2.24, 2.45) is 5.92 Å². The maximum absolute atomic E-state index is 11.7. The molecule has 0 bridgehead atoms. The Morgan fingerprint density at radius 2 is 2.28 bits per heavy atom. The lowest BCUT2D eigenvalue weighted by molar-refractivity contribution is -0.122. The van der Waals surface area contributed by atoms with Crippen molar-refractivity contribution in [1.29, 1.82) is 0 Å². The van der Waals surface area contributed by atoms with Crippen molar-refractivity contribution >= 4 is 5.91 Å². The van der Waals surface area contributed by atoms with E-state index >= 15 is 0 Å². The van der Waals surface area contributed by atoms with Gasteiger partial charge in [-0.2, -0.15) is 0 Å². The number of imidazole rings is 1. The van der Waals surface area contributed by atoms with Gasteiger partial charge in [-0.05, 0) is 38.3 Å². The zero-order valence-corrected chi connectivity index (χ0v) is 10.8. The van der Waals surface area contributed by atoms with Gasteiger partial charge in [-0.3, -0.25) is 4.79 Å². The van der Waals surface area contributed by atoms with E-state index in [-0.39, 0.29) is 5.91 Å². The van der Waals surface area contributed by atoms with Crippen LogP contribution in [0.5, 0.6) is 0 Å². The lowest BCUT2D eigenvalue weighted by atomic mass is 9.94. The van der Waals surface area contributed by atoms with E-state index in [9.17, 15) is 4.79 Å². The Labute approximate surface area is 108 Å². The molecule has 1 aliphatic heterocycles. The summed E-state index contributed by atoms with van der Waals surface area (Å²) in [7, 11) is 0. The second-order valence-corrected chi connectivity index (χ2v) is 4.90. The SMILES string of the molecule is O=C(CC1CCNCC1)NCCCn1ccnc1. The third-order valence-electron chi connectivity index (χ3n) is 3.41. The first-order chi connectivity index (χ1) is 8.84. The van der Waals surface area contributed by atoms with Crippen LogP contribution in [0.2, 0.25) is 0 Å². The molecule has 18 heavy (non-hydrogen) atoms. The highest BCUT2D eigenvalue weighted by Crippen LogP contribution is 2.15. The van der Waals surface area contributed by atoms with E-state index in [1.165, 1.54) is 0 Å². The van der Waals surface area contributed by atoms with E-state index < -0.39 is 0 Å². The molecule has 5 heteroatoms. The first kappa shape index (κ1) is 13.1. The molecule has 1 aliphatic rings. The standard InChI is InChI=1S/C13H22N4O/c18-13(10-12-2-5-14-6-3-12)16-4-1-8-17-9-7-15-11-17/h7,9,11-12,14H,1-6,8,10H2,(H,16,18). The summed E-state index contributed by atoms with van der Waals surface area (Å²) >= 11 is 0. The molecule has 0 aliphatic carbocycles. The van der Waals surface area contributed by atoms with Crippen molar-refractivity contribution in [3.63, 3.8) is 0 Å². The molecule has 2 N–H and O–H groups in total. The second kappa shape index (κ2) is 7.16. The fraction of sp³-hybridized carbons (Fsp3) is 0.692. The predicted molar refractivity (Wildman–Crippen MR) is 70.1 cm³/mol. The molecule has 5 nitrogen and oxygen atoms in total.